The van der Waals surface area contributed by atoms with Gasteiger partial charge in [-0.05, 0) is 35.8 Å². The Morgan fingerprint density at radius 3 is 2.52 bits per heavy atom. The molecule has 0 spiro atoms. The van der Waals surface area contributed by atoms with Gasteiger partial charge in [-0.1, -0.05) is 23.3 Å². The third-order valence-electron chi connectivity index (χ3n) is 3.73. The Kier molecular flexibility index (Phi) is 13.8. The fourth-order valence-corrected chi connectivity index (χ4v) is 4.23. The van der Waals surface area contributed by atoms with Gasteiger partial charge in [0.15, 0.2) is 0 Å². The van der Waals surface area contributed by atoms with Crippen molar-refractivity contribution in [3.63, 3.8) is 0 Å². The number of aromatic nitrogens is 1. The summed E-state index contributed by atoms with van der Waals surface area (Å²) in [6.45, 7) is 2.68. The van der Waals surface area contributed by atoms with Crippen LogP contribution in [0.2, 0.25) is 0 Å². The van der Waals surface area contributed by atoms with Crippen molar-refractivity contribution in [3.05, 3.63) is 24.4 Å². The zero-order chi connectivity index (χ0) is 19.7. The third kappa shape index (κ3) is 11.9. The third-order valence-corrected chi connectivity index (χ3v) is 6.00. The van der Waals surface area contributed by atoms with Crippen LogP contribution in [0.15, 0.2) is 29.4 Å². The quantitative estimate of drug-likeness (QED) is 0.296. The summed E-state index contributed by atoms with van der Waals surface area (Å²) >= 11 is 0. The molecule has 0 atom stereocenters. The van der Waals surface area contributed by atoms with Gasteiger partial charge in [0.05, 0.1) is 0 Å². The van der Waals surface area contributed by atoms with Crippen molar-refractivity contribution in [2.75, 3.05) is 38.5 Å². The van der Waals surface area contributed by atoms with Gasteiger partial charge in [0.2, 0.25) is 11.8 Å². The lowest BCUT2D eigenvalue weighted by atomic mass is 10.1. The summed E-state index contributed by atoms with van der Waals surface area (Å²) in [5.41, 5.74) is 11.0. The van der Waals surface area contributed by atoms with Gasteiger partial charge in [-0.15, -0.1) is 0 Å². The van der Waals surface area contributed by atoms with Crippen molar-refractivity contribution in [2.24, 2.45) is 11.5 Å². The monoisotopic (exact) mass is 413 g/mol. The van der Waals surface area contributed by atoms with E-state index >= 15 is 0 Å². The van der Waals surface area contributed by atoms with E-state index in [2.05, 4.69) is 10.3 Å². The summed E-state index contributed by atoms with van der Waals surface area (Å²) in [7, 11) is 3.21. The highest BCUT2D eigenvalue weighted by atomic mass is 33.1. The van der Waals surface area contributed by atoms with Crippen LogP contribution in [0.4, 0.5) is 0 Å². The largest absolute Gasteiger partial charge is 0.356 e. The number of hydrogen-bond acceptors (Lipinski definition) is 7. The van der Waals surface area contributed by atoms with Crippen LogP contribution in [-0.2, 0) is 9.59 Å². The summed E-state index contributed by atoms with van der Waals surface area (Å²) in [5, 5.41) is 3.88. The topological polar surface area (TPSA) is 114 Å². The van der Waals surface area contributed by atoms with Crippen molar-refractivity contribution in [1.29, 1.82) is 0 Å². The van der Waals surface area contributed by atoms with Crippen molar-refractivity contribution < 1.29 is 9.59 Å². The SMILES string of the molecule is NCCN(CCN)C(=O)CCCCCNC(=O)CCSSc1ccccn1. The maximum Gasteiger partial charge on any atom is 0.222 e. The Labute approximate surface area is 169 Å². The van der Waals surface area contributed by atoms with Crippen LogP contribution in [0.5, 0.6) is 0 Å². The van der Waals surface area contributed by atoms with E-state index < -0.39 is 0 Å². The molecule has 7 nitrogen and oxygen atoms in total. The molecule has 0 aliphatic carbocycles. The lowest BCUT2D eigenvalue weighted by Gasteiger charge is -2.21. The molecule has 0 radical (unpaired) electrons. The lowest BCUT2D eigenvalue weighted by Crippen LogP contribution is -2.38. The number of nitrogens with zero attached hydrogens (tertiary/aromatic N) is 2. The number of unbranched alkanes of at least 4 members (excludes halogenated alkanes) is 2. The first kappa shape index (κ1) is 23.7. The van der Waals surface area contributed by atoms with Gasteiger partial charge in [-0.3, -0.25) is 9.59 Å². The van der Waals surface area contributed by atoms with E-state index in [1.807, 2.05) is 18.2 Å². The molecule has 27 heavy (non-hydrogen) atoms. The van der Waals surface area contributed by atoms with E-state index in [0.29, 0.717) is 45.6 Å². The number of hydrogen-bond donors (Lipinski definition) is 3. The second-order valence-corrected chi connectivity index (χ2v) is 8.38. The summed E-state index contributed by atoms with van der Waals surface area (Å²) in [6.07, 6.45) is 5.37. The van der Waals surface area contributed by atoms with Crippen LogP contribution in [0.1, 0.15) is 32.1 Å². The van der Waals surface area contributed by atoms with E-state index in [1.54, 1.807) is 32.7 Å². The van der Waals surface area contributed by atoms with E-state index in [1.165, 1.54) is 0 Å². The number of carbonyl (C=O) groups excluding carboxylic acids is 2. The molecule has 0 aliphatic heterocycles. The molecule has 0 saturated heterocycles. The first-order chi connectivity index (χ1) is 13.2. The van der Waals surface area contributed by atoms with Crippen molar-refractivity contribution in [2.45, 2.75) is 37.1 Å². The molecule has 1 aromatic heterocycles. The Hall–Kier alpha value is -1.29. The highest BCUT2D eigenvalue weighted by Crippen LogP contribution is 2.29. The smallest absolute Gasteiger partial charge is 0.222 e. The molecule has 9 heteroatoms. The van der Waals surface area contributed by atoms with Crippen molar-refractivity contribution in [3.8, 4) is 0 Å². The Morgan fingerprint density at radius 1 is 1.07 bits per heavy atom. The maximum absolute atomic E-state index is 12.0. The molecule has 2 amide bonds. The molecule has 1 heterocycles. The zero-order valence-corrected chi connectivity index (χ0v) is 17.4. The van der Waals surface area contributed by atoms with Gasteiger partial charge in [0.25, 0.3) is 0 Å². The summed E-state index contributed by atoms with van der Waals surface area (Å²) in [4.78, 5) is 29.8. The van der Waals surface area contributed by atoms with Gasteiger partial charge in [-0.2, -0.15) is 0 Å². The molecule has 152 valence electrons. The second kappa shape index (κ2) is 15.7. The first-order valence-electron chi connectivity index (χ1n) is 9.32. The van der Waals surface area contributed by atoms with Gasteiger partial charge in [0.1, 0.15) is 5.03 Å². The summed E-state index contributed by atoms with van der Waals surface area (Å²) in [6, 6.07) is 5.78. The van der Waals surface area contributed by atoms with Crippen LogP contribution in [0.3, 0.4) is 0 Å². The first-order valence-corrected chi connectivity index (χ1v) is 11.6. The fraction of sp³-hybridized carbons (Fsp3) is 0.611. The number of rotatable bonds is 15. The zero-order valence-electron chi connectivity index (χ0n) is 15.8. The molecule has 0 aromatic carbocycles. The molecule has 0 fully saturated rings. The van der Waals surface area contributed by atoms with Crippen LogP contribution in [0, 0.1) is 0 Å². The number of pyridine rings is 1. The highest BCUT2D eigenvalue weighted by molar-refractivity contribution is 8.76. The Balaban J connectivity index is 1.99. The van der Waals surface area contributed by atoms with E-state index in [4.69, 9.17) is 11.5 Å². The predicted octanol–water partition coefficient (Wildman–Crippen LogP) is 1.63. The Morgan fingerprint density at radius 2 is 1.85 bits per heavy atom. The average molecular weight is 414 g/mol. The molecule has 0 bridgehead atoms. The second-order valence-electron chi connectivity index (χ2n) is 5.94. The van der Waals surface area contributed by atoms with Gasteiger partial charge < -0.3 is 21.7 Å². The highest BCUT2D eigenvalue weighted by Gasteiger charge is 2.11. The predicted molar refractivity (Wildman–Crippen MR) is 113 cm³/mol. The fourth-order valence-electron chi connectivity index (χ4n) is 2.36. The average Bonchev–Trinajstić information content (AvgIpc) is 2.68. The lowest BCUT2D eigenvalue weighted by molar-refractivity contribution is -0.131. The number of nitrogens with one attached hydrogen (secondary N) is 1. The molecule has 0 unspecified atom stereocenters. The maximum atomic E-state index is 12.0. The van der Waals surface area contributed by atoms with Gasteiger partial charge in [-0.25, -0.2) is 4.98 Å². The molecular formula is C18H31N5O2S2. The van der Waals surface area contributed by atoms with Crippen LogP contribution >= 0.6 is 21.6 Å². The van der Waals surface area contributed by atoms with E-state index in [9.17, 15) is 9.59 Å². The van der Waals surface area contributed by atoms with Crippen LogP contribution in [-0.4, -0.2) is 60.2 Å². The van der Waals surface area contributed by atoms with E-state index in [-0.39, 0.29) is 11.8 Å². The standard InChI is InChI=1S/C18H31N5O2S2/c19-9-13-23(14-10-20)18(25)7-2-1-4-11-21-16(24)8-15-26-27-17-6-3-5-12-22-17/h3,5-6,12H,1-2,4,7-11,13-15,19-20H2,(H,21,24). The molecule has 1 rings (SSSR count). The normalized spacial score (nSPS) is 10.6. The van der Waals surface area contributed by atoms with Crippen molar-refractivity contribution in [1.82, 2.24) is 15.2 Å². The molecule has 5 N–H and O–H groups in total. The summed E-state index contributed by atoms with van der Waals surface area (Å²) < 4.78 is 0. The molecule has 0 saturated carbocycles. The number of carbonyl (C=O) groups is 2. The molecular weight excluding hydrogens is 382 g/mol. The minimum absolute atomic E-state index is 0.0669. The molecule has 1 aromatic rings. The minimum Gasteiger partial charge on any atom is -0.356 e. The van der Waals surface area contributed by atoms with Crippen LogP contribution in [0.25, 0.3) is 0 Å². The minimum atomic E-state index is 0.0669. The number of nitrogens with two attached hydrogens (primary N) is 2. The van der Waals surface area contributed by atoms with Crippen LogP contribution < -0.4 is 16.8 Å². The van der Waals surface area contributed by atoms with E-state index in [0.717, 1.165) is 30.0 Å². The van der Waals surface area contributed by atoms with Gasteiger partial charge >= 0.3 is 0 Å². The summed E-state index contributed by atoms with van der Waals surface area (Å²) in [5.74, 6) is 0.925. The van der Waals surface area contributed by atoms with Gasteiger partial charge in [0, 0.05) is 57.5 Å². The van der Waals surface area contributed by atoms with Crippen molar-refractivity contribution >= 4 is 33.4 Å². The Bertz CT molecular complexity index is 528. The number of amides is 2. The molecule has 0 aliphatic rings.